The van der Waals surface area contributed by atoms with E-state index in [9.17, 15) is 4.79 Å². The van der Waals surface area contributed by atoms with Gasteiger partial charge in [-0.3, -0.25) is 4.79 Å². The van der Waals surface area contributed by atoms with Gasteiger partial charge in [0.05, 0.1) is 6.04 Å². The number of rotatable bonds is 7. The van der Waals surface area contributed by atoms with E-state index < -0.39 is 6.04 Å². The fourth-order valence-electron chi connectivity index (χ4n) is 1.69. The van der Waals surface area contributed by atoms with Crippen LogP contribution >= 0.6 is 0 Å². The summed E-state index contributed by atoms with van der Waals surface area (Å²) in [6, 6.07) is -0.487. The van der Waals surface area contributed by atoms with Crippen molar-refractivity contribution >= 4 is 5.91 Å². The first kappa shape index (κ1) is 16.4. The van der Waals surface area contributed by atoms with Gasteiger partial charge < -0.3 is 16.2 Å². The Morgan fingerprint density at radius 3 is 2.35 bits per heavy atom. The Morgan fingerprint density at radius 2 is 1.94 bits per heavy atom. The number of nitrogens with two attached hydrogens (primary N) is 1. The molecule has 0 aromatic carbocycles. The van der Waals surface area contributed by atoms with Gasteiger partial charge in [-0.1, -0.05) is 34.1 Å². The molecule has 0 heterocycles. The maximum atomic E-state index is 11.8. The average molecular weight is 244 g/mol. The van der Waals surface area contributed by atoms with E-state index in [-0.39, 0.29) is 17.9 Å². The van der Waals surface area contributed by atoms with Crippen molar-refractivity contribution in [1.29, 1.82) is 0 Å². The van der Waals surface area contributed by atoms with E-state index in [0.29, 0.717) is 12.5 Å². The number of hydrogen-bond acceptors (Lipinski definition) is 3. The second-order valence-corrected chi connectivity index (χ2v) is 5.76. The molecule has 0 aliphatic rings. The molecular weight excluding hydrogens is 216 g/mol. The molecule has 4 N–H and O–H groups in total. The number of carbonyl (C=O) groups excluding carboxylic acids is 1. The average Bonchev–Trinajstić information content (AvgIpc) is 2.23. The van der Waals surface area contributed by atoms with Crippen molar-refractivity contribution in [2.24, 2.45) is 17.1 Å². The van der Waals surface area contributed by atoms with E-state index in [1.807, 2.05) is 20.8 Å². The van der Waals surface area contributed by atoms with Crippen LogP contribution in [0.15, 0.2) is 0 Å². The van der Waals surface area contributed by atoms with Crippen LogP contribution in [0.5, 0.6) is 0 Å². The Balaban J connectivity index is 4.11. The van der Waals surface area contributed by atoms with Gasteiger partial charge in [0.15, 0.2) is 0 Å². The summed E-state index contributed by atoms with van der Waals surface area (Å²) in [5.74, 6) is 0.248. The van der Waals surface area contributed by atoms with Gasteiger partial charge in [-0.2, -0.15) is 0 Å². The SMILES string of the molecule is CCCC(CCO)CNC(=O)[C@H](N)C(C)(C)C. The number of aliphatic hydroxyl groups is 1. The first-order valence-corrected chi connectivity index (χ1v) is 6.47. The number of nitrogens with one attached hydrogen (secondary N) is 1. The van der Waals surface area contributed by atoms with E-state index in [2.05, 4.69) is 12.2 Å². The molecule has 0 fully saturated rings. The summed E-state index contributed by atoms with van der Waals surface area (Å²) in [4.78, 5) is 11.8. The summed E-state index contributed by atoms with van der Waals surface area (Å²) in [7, 11) is 0. The van der Waals surface area contributed by atoms with Gasteiger partial charge in [0.25, 0.3) is 0 Å². The van der Waals surface area contributed by atoms with Gasteiger partial charge in [-0.05, 0) is 24.2 Å². The monoisotopic (exact) mass is 244 g/mol. The van der Waals surface area contributed by atoms with E-state index in [1.54, 1.807) is 0 Å². The predicted octanol–water partition coefficient (Wildman–Crippen LogP) is 1.27. The highest BCUT2D eigenvalue weighted by Crippen LogP contribution is 2.17. The van der Waals surface area contributed by atoms with E-state index >= 15 is 0 Å². The van der Waals surface area contributed by atoms with Crippen molar-refractivity contribution in [3.8, 4) is 0 Å². The number of amides is 1. The molecule has 0 bridgehead atoms. The van der Waals surface area contributed by atoms with E-state index in [4.69, 9.17) is 10.8 Å². The Morgan fingerprint density at radius 1 is 1.35 bits per heavy atom. The highest BCUT2D eigenvalue weighted by molar-refractivity contribution is 5.82. The van der Waals surface area contributed by atoms with E-state index in [0.717, 1.165) is 19.3 Å². The third-order valence-corrected chi connectivity index (χ3v) is 3.01. The second-order valence-electron chi connectivity index (χ2n) is 5.76. The summed E-state index contributed by atoms with van der Waals surface area (Å²) in [6.07, 6.45) is 2.82. The quantitative estimate of drug-likeness (QED) is 0.631. The summed E-state index contributed by atoms with van der Waals surface area (Å²) in [5, 5.41) is 11.8. The number of hydrogen-bond donors (Lipinski definition) is 3. The lowest BCUT2D eigenvalue weighted by atomic mass is 9.87. The fraction of sp³-hybridized carbons (Fsp3) is 0.923. The summed E-state index contributed by atoms with van der Waals surface area (Å²) in [6.45, 7) is 8.74. The van der Waals surface area contributed by atoms with Crippen LogP contribution in [0.2, 0.25) is 0 Å². The Kier molecular flexibility index (Phi) is 7.39. The van der Waals surface area contributed by atoms with Crippen LogP contribution in [0.1, 0.15) is 47.0 Å². The molecule has 0 saturated heterocycles. The fourth-order valence-corrected chi connectivity index (χ4v) is 1.69. The minimum absolute atomic E-state index is 0.100. The van der Waals surface area contributed by atoms with Gasteiger partial charge >= 0.3 is 0 Å². The maximum Gasteiger partial charge on any atom is 0.237 e. The second kappa shape index (κ2) is 7.67. The molecule has 0 radical (unpaired) electrons. The van der Waals surface area contributed by atoms with Crippen molar-refractivity contribution in [1.82, 2.24) is 5.32 Å². The summed E-state index contributed by atoms with van der Waals surface area (Å²) in [5.41, 5.74) is 5.65. The predicted molar refractivity (Wildman–Crippen MR) is 70.5 cm³/mol. The van der Waals surface area contributed by atoms with Crippen molar-refractivity contribution in [3.05, 3.63) is 0 Å². The Hall–Kier alpha value is -0.610. The zero-order valence-electron chi connectivity index (χ0n) is 11.6. The lowest BCUT2D eigenvalue weighted by Gasteiger charge is -2.26. The van der Waals surface area contributed by atoms with Crippen LogP contribution in [-0.4, -0.2) is 30.2 Å². The molecule has 0 aromatic rings. The molecule has 4 nitrogen and oxygen atoms in total. The van der Waals surface area contributed by atoms with Crippen LogP contribution < -0.4 is 11.1 Å². The molecule has 2 atom stereocenters. The molecular formula is C13H28N2O2. The maximum absolute atomic E-state index is 11.8. The number of carbonyl (C=O) groups is 1. The van der Waals surface area contributed by atoms with Crippen LogP contribution in [0, 0.1) is 11.3 Å². The van der Waals surface area contributed by atoms with Crippen molar-refractivity contribution in [3.63, 3.8) is 0 Å². The minimum atomic E-state index is -0.487. The molecule has 1 amide bonds. The first-order valence-electron chi connectivity index (χ1n) is 6.47. The van der Waals surface area contributed by atoms with Crippen molar-refractivity contribution < 1.29 is 9.90 Å². The lowest BCUT2D eigenvalue weighted by molar-refractivity contribution is -0.124. The molecule has 102 valence electrons. The number of aliphatic hydroxyl groups excluding tert-OH is 1. The summed E-state index contributed by atoms with van der Waals surface area (Å²) < 4.78 is 0. The normalized spacial score (nSPS) is 15.4. The third kappa shape index (κ3) is 6.64. The molecule has 1 unspecified atom stereocenters. The third-order valence-electron chi connectivity index (χ3n) is 3.01. The Labute approximate surface area is 105 Å². The molecule has 0 aromatic heterocycles. The van der Waals surface area contributed by atoms with Crippen molar-refractivity contribution in [2.75, 3.05) is 13.2 Å². The lowest BCUT2D eigenvalue weighted by Crippen LogP contribution is -2.49. The zero-order chi connectivity index (χ0) is 13.5. The smallest absolute Gasteiger partial charge is 0.237 e. The van der Waals surface area contributed by atoms with Gasteiger partial charge in [-0.25, -0.2) is 0 Å². The summed E-state index contributed by atoms with van der Waals surface area (Å²) >= 11 is 0. The Bertz CT molecular complexity index is 218. The highest BCUT2D eigenvalue weighted by atomic mass is 16.3. The van der Waals surface area contributed by atoms with Crippen LogP contribution in [0.3, 0.4) is 0 Å². The topological polar surface area (TPSA) is 75.3 Å². The van der Waals surface area contributed by atoms with Gasteiger partial charge in [-0.15, -0.1) is 0 Å². The first-order chi connectivity index (χ1) is 7.82. The van der Waals surface area contributed by atoms with Crippen LogP contribution in [0.25, 0.3) is 0 Å². The van der Waals surface area contributed by atoms with Gasteiger partial charge in [0.2, 0.25) is 5.91 Å². The molecule has 17 heavy (non-hydrogen) atoms. The zero-order valence-corrected chi connectivity index (χ0v) is 11.6. The largest absolute Gasteiger partial charge is 0.396 e. The van der Waals surface area contributed by atoms with E-state index in [1.165, 1.54) is 0 Å². The molecule has 0 saturated carbocycles. The van der Waals surface area contributed by atoms with Crippen LogP contribution in [0.4, 0.5) is 0 Å². The molecule has 4 heteroatoms. The van der Waals surface area contributed by atoms with Crippen molar-refractivity contribution in [2.45, 2.75) is 53.0 Å². The highest BCUT2D eigenvalue weighted by Gasteiger charge is 2.27. The molecule has 0 rings (SSSR count). The standard InChI is InChI=1S/C13H28N2O2/c1-5-6-10(7-8-16)9-15-12(17)11(14)13(2,3)4/h10-11,16H,5-9,14H2,1-4H3,(H,15,17)/t10?,11-/m0/s1. The van der Waals surface area contributed by atoms with Gasteiger partial charge in [0, 0.05) is 13.2 Å². The van der Waals surface area contributed by atoms with Gasteiger partial charge in [0.1, 0.15) is 0 Å². The molecule has 0 spiro atoms. The van der Waals surface area contributed by atoms with Crippen LogP contribution in [-0.2, 0) is 4.79 Å². The molecule has 0 aliphatic heterocycles. The minimum Gasteiger partial charge on any atom is -0.396 e. The molecule has 0 aliphatic carbocycles.